The summed E-state index contributed by atoms with van der Waals surface area (Å²) in [6.07, 6.45) is -8.95. The van der Waals surface area contributed by atoms with Gasteiger partial charge in [0.05, 0.1) is 11.1 Å². The molecule has 2 aromatic carbocycles. The Morgan fingerprint density at radius 1 is 0.700 bits per heavy atom. The Kier molecular flexibility index (Phi) is 16.1. The lowest BCUT2D eigenvalue weighted by molar-refractivity contribution is -0.138. The number of hydrogen-bond acceptors (Lipinski definition) is 0. The van der Waals surface area contributed by atoms with E-state index < -0.39 is 49.0 Å². The molecule has 0 N–H and O–H groups in total. The van der Waals surface area contributed by atoms with Gasteiger partial charge in [-0.25, -0.2) is 26.3 Å². The van der Waals surface area contributed by atoms with Crippen molar-refractivity contribution in [1.82, 2.24) is 0 Å². The highest BCUT2D eigenvalue weighted by atomic mass is 79.9. The molecule has 0 atom stereocenters. The molecule has 0 unspecified atom stereocenters. The molecule has 0 aliphatic carbocycles. The van der Waals surface area contributed by atoms with Crippen LogP contribution in [0.2, 0.25) is 0 Å². The molecule has 2 radical (unpaired) electrons. The smallest absolute Gasteiger partial charge is 0.214 e. The summed E-state index contributed by atoms with van der Waals surface area (Å²) in [7, 11) is 3.75. The van der Waals surface area contributed by atoms with E-state index in [0.717, 1.165) is 30.3 Å². The Morgan fingerprint density at radius 3 is 1.40 bits per heavy atom. The molecule has 0 aliphatic heterocycles. The van der Waals surface area contributed by atoms with Gasteiger partial charge in [0.25, 0.3) is 0 Å². The molecule has 0 fully saturated rings. The molecule has 0 saturated carbocycles. The molecule has 0 saturated heterocycles. The molecule has 14 heteroatoms. The van der Waals surface area contributed by atoms with E-state index in [-0.39, 0.29) is 4.47 Å². The van der Waals surface area contributed by atoms with Crippen molar-refractivity contribution in [3.63, 3.8) is 0 Å². The zero-order valence-corrected chi connectivity index (χ0v) is 16.0. The van der Waals surface area contributed by atoms with E-state index in [1.165, 1.54) is 0 Å². The van der Waals surface area contributed by atoms with Crippen molar-refractivity contribution in [3.8, 4) is 0 Å². The maximum Gasteiger partial charge on any atom is 0.416 e. The highest BCUT2D eigenvalue weighted by Crippen LogP contribution is 2.31. The van der Waals surface area contributed by atoms with Crippen LogP contribution in [-0.2, 0) is 12.4 Å². The van der Waals surface area contributed by atoms with Gasteiger partial charge in [0.15, 0.2) is 0 Å². The van der Waals surface area contributed by atoms with Crippen LogP contribution in [0.5, 0.6) is 0 Å². The first-order valence-corrected chi connectivity index (χ1v) is 7.62. The molecular weight excluding hydrogens is 511 g/mol. The third kappa shape index (κ3) is 16.0. The number of rotatable bonds is 0. The quantitative estimate of drug-likeness (QED) is 0.247. The second-order valence-electron chi connectivity index (χ2n) is 4.37. The van der Waals surface area contributed by atoms with Gasteiger partial charge in [-0.05, 0) is 37.7 Å². The fourth-order valence-electron chi connectivity index (χ4n) is 1.38. The Hall–Kier alpha value is -1.86. The lowest BCUT2D eigenvalue weighted by Gasteiger charge is -2.06. The average molecular weight is 524 g/mol. The normalized spacial score (nSPS) is 10.4. The van der Waals surface area contributed by atoms with Gasteiger partial charge in [-0.3, -0.25) is 0 Å². The minimum atomic E-state index is -4.50. The average Bonchev–Trinajstić information content (AvgIpc) is 2.63. The predicted octanol–water partition coefficient (Wildman–Crippen LogP) is 7.57. The fourth-order valence-corrected chi connectivity index (χ4v) is 1.85. The molecule has 0 aromatic heterocycles. The molecule has 30 heavy (non-hydrogen) atoms. The fraction of sp³-hybridized carbons (Fsp3) is 0.250. The lowest BCUT2D eigenvalue weighted by atomic mass is 10.2. The van der Waals surface area contributed by atoms with Crippen molar-refractivity contribution < 1.29 is 52.7 Å². The van der Waals surface area contributed by atoms with E-state index >= 15 is 0 Å². The van der Waals surface area contributed by atoms with Crippen LogP contribution < -0.4 is 0 Å². The first kappa shape index (κ1) is 30.3. The van der Waals surface area contributed by atoms with Gasteiger partial charge < -0.3 is 0 Å². The minimum Gasteiger partial charge on any atom is -0.214 e. The monoisotopic (exact) mass is 523 g/mol. The minimum absolute atomic E-state index is 0.0785. The summed E-state index contributed by atoms with van der Waals surface area (Å²) in [6.45, 7) is -3.50. The number of halogens is 13. The van der Waals surface area contributed by atoms with Crippen molar-refractivity contribution in [3.05, 3.63) is 69.7 Å². The molecule has 2 aromatic rings. The molecule has 2 rings (SSSR count). The predicted molar refractivity (Wildman–Crippen MR) is 91.8 cm³/mol. The van der Waals surface area contributed by atoms with E-state index in [4.69, 9.17) is 1.34 Å². The van der Waals surface area contributed by atoms with E-state index in [1.807, 2.05) is 0 Å². The van der Waals surface area contributed by atoms with E-state index in [1.54, 1.807) is 0 Å². The van der Waals surface area contributed by atoms with Crippen molar-refractivity contribution in [2.45, 2.75) is 12.4 Å². The second-order valence-corrected chi connectivity index (χ2v) is 5.28. The Bertz CT molecular complexity index is 687. The summed E-state index contributed by atoms with van der Waals surface area (Å²) in [4.78, 5) is 0. The van der Waals surface area contributed by atoms with Gasteiger partial charge >= 0.3 is 12.4 Å². The molecule has 0 bridgehead atoms. The first-order valence-electron chi connectivity index (χ1n) is 7.40. The molecular formula is C16H12BBrF12. The maximum absolute atomic E-state index is 12.4. The van der Waals surface area contributed by atoms with Crippen molar-refractivity contribution >= 4 is 24.3 Å². The summed E-state index contributed by atoms with van der Waals surface area (Å²) in [5.41, 5.74) is -1.95. The zero-order chi connectivity index (χ0) is 25.3. The summed E-state index contributed by atoms with van der Waals surface area (Å²) >= 11 is 2.77. The third-order valence-electron chi connectivity index (χ3n) is 2.34. The van der Waals surface area contributed by atoms with E-state index in [0.29, 0.717) is 12.1 Å². The van der Waals surface area contributed by atoms with Gasteiger partial charge in [-0.1, -0.05) is 22.0 Å². The molecule has 0 nitrogen and oxygen atoms in total. The second kappa shape index (κ2) is 15.9. The Morgan fingerprint density at radius 2 is 1.10 bits per heavy atom. The van der Waals surface area contributed by atoms with Gasteiger partial charge in [0, 0.05) is 12.8 Å². The molecule has 0 aliphatic rings. The van der Waals surface area contributed by atoms with Crippen molar-refractivity contribution in [1.29, 1.82) is 1.34 Å². The van der Waals surface area contributed by atoms with Crippen LogP contribution >= 0.6 is 15.9 Å². The largest absolute Gasteiger partial charge is 0.416 e. The maximum atomic E-state index is 12.4. The van der Waals surface area contributed by atoms with Crippen molar-refractivity contribution in [2.24, 2.45) is 0 Å². The van der Waals surface area contributed by atoms with Crippen LogP contribution in [0.4, 0.5) is 52.7 Å². The number of alkyl halides is 10. The number of benzene rings is 2. The standard InChI is InChI=1S/C7H3BrF4.C7H4F4.2CH2F2.BH/c8-5-1-4(7(10,11)12)2-6(9)3-5;8-6-3-1-2-5(4-6)7(9,10)11;2*2-1-3;/h1-3H;1-4H;2*1H2;1H/i;;;;1D. The van der Waals surface area contributed by atoms with E-state index in [2.05, 4.69) is 24.3 Å². The van der Waals surface area contributed by atoms with Crippen LogP contribution in [0.25, 0.3) is 0 Å². The van der Waals surface area contributed by atoms with Crippen LogP contribution in [-0.4, -0.2) is 23.6 Å². The molecule has 0 heterocycles. The summed E-state index contributed by atoms with van der Waals surface area (Å²) in [5.74, 6) is -1.78. The van der Waals surface area contributed by atoms with Gasteiger partial charge in [-0.15, -0.1) is 0 Å². The molecule has 0 amide bonds. The number of hydrogen-bond donors (Lipinski definition) is 0. The topological polar surface area (TPSA) is 0 Å². The summed E-state index contributed by atoms with van der Waals surface area (Å²) in [5, 5.41) is 0. The summed E-state index contributed by atoms with van der Waals surface area (Å²) in [6, 6.07) is 5.51. The first-order chi connectivity index (χ1) is 14.2. The van der Waals surface area contributed by atoms with Gasteiger partial charge in [0.2, 0.25) is 13.9 Å². The van der Waals surface area contributed by atoms with Crippen molar-refractivity contribution in [2.75, 3.05) is 13.9 Å². The Balaban J connectivity index is -0.000000380. The summed E-state index contributed by atoms with van der Waals surface area (Å²) < 4.78 is 140. The third-order valence-corrected chi connectivity index (χ3v) is 2.80. The van der Waals surface area contributed by atoms with Gasteiger partial charge in [0.1, 0.15) is 11.6 Å². The molecule has 170 valence electrons. The van der Waals surface area contributed by atoms with Crippen LogP contribution in [0.3, 0.4) is 0 Å². The Labute approximate surface area is 174 Å². The van der Waals surface area contributed by atoms with Gasteiger partial charge in [-0.2, -0.15) is 26.3 Å². The van der Waals surface area contributed by atoms with E-state index in [9.17, 15) is 52.7 Å². The lowest BCUT2D eigenvalue weighted by Crippen LogP contribution is -2.05. The zero-order valence-electron chi connectivity index (χ0n) is 15.4. The van der Waals surface area contributed by atoms with Crippen LogP contribution in [0.1, 0.15) is 11.1 Å². The molecule has 0 spiro atoms. The van der Waals surface area contributed by atoms with Crippen LogP contribution in [0.15, 0.2) is 46.9 Å². The SMILES string of the molecule is FCF.FCF.Fc1cc(Br)cc(C(F)(F)F)c1.Fc1cccc(C(F)(F)F)c1.[2H][B]. The highest BCUT2D eigenvalue weighted by Gasteiger charge is 2.31. The van der Waals surface area contributed by atoms with Crippen LogP contribution in [0, 0.1) is 11.6 Å². The highest BCUT2D eigenvalue weighted by molar-refractivity contribution is 9.10.